The molecule has 0 spiro atoms. The third kappa shape index (κ3) is 2.84. The van der Waals surface area contributed by atoms with Crippen molar-refractivity contribution >= 4 is 54.5 Å². The highest BCUT2D eigenvalue weighted by atomic mass is 79.9. The van der Waals surface area contributed by atoms with Gasteiger partial charge in [-0.2, -0.15) is 0 Å². The number of nitrogens with zero attached hydrogens (tertiary/aromatic N) is 4. The Balaban J connectivity index is 2.26. The van der Waals surface area contributed by atoms with Gasteiger partial charge in [-0.25, -0.2) is 4.98 Å². The van der Waals surface area contributed by atoms with Gasteiger partial charge >= 0.3 is 5.69 Å². The van der Waals surface area contributed by atoms with Crippen LogP contribution in [0.15, 0.2) is 15.0 Å². The van der Waals surface area contributed by atoms with Crippen LogP contribution in [0.2, 0.25) is 0 Å². The number of nitrogens with two attached hydrogens (primary N) is 1. The molecule has 1 fully saturated rings. The first-order chi connectivity index (χ1) is 10.9. The molecule has 1 atom stereocenters. The summed E-state index contributed by atoms with van der Waals surface area (Å²) in [5.74, 6) is 0.607. The molecule has 0 radical (unpaired) electrons. The number of rotatable bonds is 4. The van der Waals surface area contributed by atoms with Gasteiger partial charge in [-0.15, -0.1) is 0 Å². The molecular formula is C13H15Br2N5O3. The molecule has 3 N–H and O–H groups in total. The number of nitro benzene ring substituents is 1. The van der Waals surface area contributed by atoms with Gasteiger partial charge in [0.2, 0.25) is 5.95 Å². The number of aliphatic hydroxyl groups excluding tert-OH is 1. The molecule has 10 heteroatoms. The molecule has 23 heavy (non-hydrogen) atoms. The zero-order valence-corrected chi connectivity index (χ0v) is 15.2. The van der Waals surface area contributed by atoms with Gasteiger partial charge < -0.3 is 20.3 Å². The number of imidazole rings is 1. The first-order valence-electron chi connectivity index (χ1n) is 7.08. The van der Waals surface area contributed by atoms with Crippen molar-refractivity contribution in [3.8, 4) is 0 Å². The van der Waals surface area contributed by atoms with Crippen LogP contribution in [0.25, 0.3) is 11.0 Å². The maximum Gasteiger partial charge on any atom is 0.312 e. The Morgan fingerprint density at radius 1 is 1.52 bits per heavy atom. The number of benzene rings is 1. The molecule has 1 saturated heterocycles. The fraction of sp³-hybridized carbons (Fsp3) is 0.462. The Morgan fingerprint density at radius 2 is 2.26 bits per heavy atom. The van der Waals surface area contributed by atoms with E-state index in [4.69, 9.17) is 5.73 Å². The number of aliphatic hydroxyl groups is 1. The van der Waals surface area contributed by atoms with Crippen molar-refractivity contribution in [2.75, 3.05) is 24.6 Å². The Hall–Kier alpha value is -1.23. The second kappa shape index (κ2) is 6.34. The van der Waals surface area contributed by atoms with Crippen molar-refractivity contribution in [3.05, 3.63) is 25.1 Å². The first kappa shape index (κ1) is 16.6. The van der Waals surface area contributed by atoms with Gasteiger partial charge in [0.1, 0.15) is 4.47 Å². The van der Waals surface area contributed by atoms with Crippen LogP contribution in [0.3, 0.4) is 0 Å². The van der Waals surface area contributed by atoms with E-state index in [0.29, 0.717) is 39.0 Å². The van der Waals surface area contributed by atoms with E-state index >= 15 is 0 Å². The summed E-state index contributed by atoms with van der Waals surface area (Å²) in [4.78, 5) is 17.5. The lowest BCUT2D eigenvalue weighted by Gasteiger charge is -2.18. The van der Waals surface area contributed by atoms with Crippen molar-refractivity contribution in [1.82, 2.24) is 9.55 Å². The molecule has 0 bridgehead atoms. The summed E-state index contributed by atoms with van der Waals surface area (Å²) in [5.41, 5.74) is 6.78. The molecule has 2 aromatic rings. The van der Waals surface area contributed by atoms with Crippen molar-refractivity contribution < 1.29 is 10.0 Å². The zero-order valence-electron chi connectivity index (χ0n) is 12.1. The number of hydrogen-bond donors (Lipinski definition) is 2. The number of aromatic nitrogens is 2. The number of halogens is 2. The molecule has 1 aromatic heterocycles. The van der Waals surface area contributed by atoms with E-state index < -0.39 is 4.92 Å². The standard InChI is InChI=1S/C13H15Br2N5O3/c14-8-5-9-11(12(10(8)15)20(22)23)17-13(19(9)3-4-21)18-2-1-7(16)6-18/h5,7,21H,1-4,6,16H2/t7-/m0/s1. The highest BCUT2D eigenvalue weighted by molar-refractivity contribution is 9.13. The summed E-state index contributed by atoms with van der Waals surface area (Å²) in [6, 6.07) is 1.83. The normalized spacial score (nSPS) is 18.1. The lowest BCUT2D eigenvalue weighted by molar-refractivity contribution is -0.384. The minimum absolute atomic E-state index is 0.0610. The summed E-state index contributed by atoms with van der Waals surface area (Å²) < 4.78 is 2.73. The number of fused-ring (bicyclic) bond motifs is 1. The number of nitro groups is 1. The van der Waals surface area contributed by atoms with Crippen LogP contribution in [0.5, 0.6) is 0 Å². The number of anilines is 1. The van der Waals surface area contributed by atoms with Gasteiger partial charge in [0.05, 0.1) is 17.0 Å². The molecule has 0 saturated carbocycles. The molecule has 124 valence electrons. The van der Waals surface area contributed by atoms with E-state index in [0.717, 1.165) is 13.0 Å². The summed E-state index contributed by atoms with van der Waals surface area (Å²) >= 11 is 6.58. The largest absolute Gasteiger partial charge is 0.395 e. The molecule has 0 aliphatic carbocycles. The van der Waals surface area contributed by atoms with Gasteiger partial charge in [0.15, 0.2) is 5.52 Å². The Labute approximate surface area is 148 Å². The summed E-state index contributed by atoms with van der Waals surface area (Å²) in [6.07, 6.45) is 0.845. The number of hydrogen-bond acceptors (Lipinski definition) is 6. The van der Waals surface area contributed by atoms with E-state index in [1.54, 1.807) is 10.6 Å². The van der Waals surface area contributed by atoms with Crippen LogP contribution < -0.4 is 10.6 Å². The van der Waals surface area contributed by atoms with Gasteiger partial charge in [-0.1, -0.05) is 0 Å². The van der Waals surface area contributed by atoms with Gasteiger partial charge in [0, 0.05) is 30.1 Å². The predicted octanol–water partition coefficient (Wildman–Crippen LogP) is 2.00. The molecule has 8 nitrogen and oxygen atoms in total. The maximum absolute atomic E-state index is 11.5. The molecule has 1 aromatic carbocycles. The Morgan fingerprint density at radius 3 is 2.83 bits per heavy atom. The maximum atomic E-state index is 11.5. The zero-order chi connectivity index (χ0) is 16.7. The minimum atomic E-state index is -0.451. The lowest BCUT2D eigenvalue weighted by Crippen LogP contribution is -2.28. The quantitative estimate of drug-likeness (QED) is 0.546. The van der Waals surface area contributed by atoms with Crippen molar-refractivity contribution in [3.63, 3.8) is 0 Å². The SMILES string of the molecule is N[C@H]1CCN(c2nc3c([N+](=O)[O-])c(Br)c(Br)cc3n2CCO)C1. The Bertz CT molecular complexity index is 779. The second-order valence-electron chi connectivity index (χ2n) is 5.43. The Kier molecular flexibility index (Phi) is 4.59. The summed E-state index contributed by atoms with van der Waals surface area (Å²) in [7, 11) is 0. The van der Waals surface area contributed by atoms with E-state index in [2.05, 4.69) is 36.8 Å². The van der Waals surface area contributed by atoms with Gasteiger partial charge in [-0.3, -0.25) is 10.1 Å². The highest BCUT2D eigenvalue weighted by Gasteiger charge is 2.29. The molecule has 3 rings (SSSR count). The smallest absolute Gasteiger partial charge is 0.312 e. The van der Waals surface area contributed by atoms with Crippen LogP contribution in [0.1, 0.15) is 6.42 Å². The average Bonchev–Trinajstić information content (AvgIpc) is 3.05. The molecule has 2 heterocycles. The fourth-order valence-corrected chi connectivity index (χ4v) is 3.72. The lowest BCUT2D eigenvalue weighted by atomic mass is 10.2. The molecule has 1 aliphatic heterocycles. The first-order valence-corrected chi connectivity index (χ1v) is 8.66. The second-order valence-corrected chi connectivity index (χ2v) is 7.07. The molecule has 1 aliphatic rings. The average molecular weight is 449 g/mol. The third-order valence-electron chi connectivity index (χ3n) is 3.91. The van der Waals surface area contributed by atoms with E-state index in [9.17, 15) is 15.2 Å². The molecule has 0 unspecified atom stereocenters. The van der Waals surface area contributed by atoms with Crippen LogP contribution in [-0.4, -0.2) is 45.3 Å². The van der Waals surface area contributed by atoms with E-state index in [1.165, 1.54) is 0 Å². The van der Waals surface area contributed by atoms with Crippen LogP contribution in [0, 0.1) is 10.1 Å². The van der Waals surface area contributed by atoms with Crippen LogP contribution in [-0.2, 0) is 6.54 Å². The van der Waals surface area contributed by atoms with E-state index in [1.807, 2.05) is 4.90 Å². The summed E-state index contributed by atoms with van der Waals surface area (Å²) in [6.45, 7) is 1.61. The van der Waals surface area contributed by atoms with Crippen LogP contribution in [0.4, 0.5) is 11.6 Å². The monoisotopic (exact) mass is 447 g/mol. The van der Waals surface area contributed by atoms with Crippen molar-refractivity contribution in [2.24, 2.45) is 5.73 Å². The van der Waals surface area contributed by atoms with Gasteiger partial charge in [0.25, 0.3) is 0 Å². The summed E-state index contributed by atoms with van der Waals surface area (Å²) in [5, 5.41) is 20.8. The molecular weight excluding hydrogens is 434 g/mol. The molecule has 0 amide bonds. The van der Waals surface area contributed by atoms with Crippen LogP contribution >= 0.6 is 31.9 Å². The predicted molar refractivity (Wildman–Crippen MR) is 93.7 cm³/mol. The fourth-order valence-electron chi connectivity index (χ4n) is 2.87. The van der Waals surface area contributed by atoms with Crippen molar-refractivity contribution in [1.29, 1.82) is 0 Å². The van der Waals surface area contributed by atoms with E-state index in [-0.39, 0.29) is 18.3 Å². The minimum Gasteiger partial charge on any atom is -0.395 e. The van der Waals surface area contributed by atoms with Gasteiger partial charge in [-0.05, 0) is 44.3 Å². The third-order valence-corrected chi connectivity index (χ3v) is 5.87. The highest BCUT2D eigenvalue weighted by Crippen LogP contribution is 2.40. The van der Waals surface area contributed by atoms with Crippen molar-refractivity contribution in [2.45, 2.75) is 19.0 Å². The topological polar surface area (TPSA) is 110 Å².